The number of rotatable bonds is 8. The average Bonchev–Trinajstić information content (AvgIpc) is 2.20. The molecular formula is C14H26N2O4. The molecule has 0 aliphatic heterocycles. The second kappa shape index (κ2) is 7.87. The van der Waals surface area contributed by atoms with Gasteiger partial charge in [-0.05, 0) is 24.2 Å². The molecule has 2 unspecified atom stereocenters. The Kier molecular flexibility index (Phi) is 7.24. The van der Waals surface area contributed by atoms with Crippen molar-refractivity contribution in [3.63, 3.8) is 0 Å². The molecule has 0 aromatic heterocycles. The number of amides is 2. The molecule has 0 aliphatic carbocycles. The highest BCUT2D eigenvalue weighted by molar-refractivity contribution is 5.84. The minimum atomic E-state index is -1.15. The maximum Gasteiger partial charge on any atom is 0.326 e. The first-order chi connectivity index (χ1) is 9.01. The molecule has 0 radical (unpaired) electrons. The Morgan fingerprint density at radius 2 is 1.80 bits per heavy atom. The maximum atomic E-state index is 11.8. The number of hydrogen-bond donors (Lipinski definition) is 3. The summed E-state index contributed by atoms with van der Waals surface area (Å²) in [6.45, 7) is 8.24. The number of carbonyl (C=O) groups excluding carboxylic acids is 2. The number of primary amides is 1. The predicted molar refractivity (Wildman–Crippen MR) is 75.8 cm³/mol. The fourth-order valence-corrected chi connectivity index (χ4v) is 2.23. The zero-order chi connectivity index (χ0) is 15.9. The zero-order valence-electron chi connectivity index (χ0n) is 12.7. The highest BCUT2D eigenvalue weighted by atomic mass is 16.4. The SMILES string of the molecule is CC(CC(=O)NC(CCC(N)=O)C(=O)O)CC(C)(C)C. The van der Waals surface area contributed by atoms with E-state index in [2.05, 4.69) is 26.1 Å². The van der Waals surface area contributed by atoms with Crippen LogP contribution in [0.2, 0.25) is 0 Å². The molecule has 6 heteroatoms. The Hall–Kier alpha value is -1.59. The smallest absolute Gasteiger partial charge is 0.326 e. The number of carboxylic acids is 1. The number of carbonyl (C=O) groups is 3. The van der Waals surface area contributed by atoms with Crippen molar-refractivity contribution in [2.45, 2.75) is 59.4 Å². The van der Waals surface area contributed by atoms with Gasteiger partial charge in [-0.25, -0.2) is 4.79 Å². The summed E-state index contributed by atoms with van der Waals surface area (Å²) in [4.78, 5) is 33.5. The van der Waals surface area contributed by atoms with Gasteiger partial charge >= 0.3 is 5.97 Å². The fraction of sp³-hybridized carbons (Fsp3) is 0.786. The van der Waals surface area contributed by atoms with Gasteiger partial charge in [-0.2, -0.15) is 0 Å². The molecule has 116 valence electrons. The molecule has 0 spiro atoms. The van der Waals surface area contributed by atoms with Crippen molar-refractivity contribution in [2.75, 3.05) is 0 Å². The van der Waals surface area contributed by atoms with Gasteiger partial charge in [0.2, 0.25) is 11.8 Å². The summed E-state index contributed by atoms with van der Waals surface area (Å²) in [6, 6.07) is -1.06. The van der Waals surface area contributed by atoms with E-state index in [1.807, 2.05) is 6.92 Å². The third-order valence-electron chi connectivity index (χ3n) is 2.81. The highest BCUT2D eigenvalue weighted by Gasteiger charge is 2.23. The molecule has 0 aromatic rings. The zero-order valence-corrected chi connectivity index (χ0v) is 12.7. The molecule has 2 amide bonds. The summed E-state index contributed by atoms with van der Waals surface area (Å²) in [5.74, 6) is -1.87. The second-order valence-corrected chi connectivity index (χ2v) is 6.54. The second-order valence-electron chi connectivity index (χ2n) is 6.54. The molecular weight excluding hydrogens is 260 g/mol. The third-order valence-corrected chi connectivity index (χ3v) is 2.81. The van der Waals surface area contributed by atoms with Gasteiger partial charge in [0.05, 0.1) is 0 Å². The van der Waals surface area contributed by atoms with Crippen LogP contribution in [-0.2, 0) is 14.4 Å². The Bertz CT molecular complexity index is 361. The van der Waals surface area contributed by atoms with Crippen LogP contribution in [0, 0.1) is 11.3 Å². The van der Waals surface area contributed by atoms with Crippen LogP contribution in [0.15, 0.2) is 0 Å². The molecule has 0 heterocycles. The van der Waals surface area contributed by atoms with Crippen LogP contribution in [0.4, 0.5) is 0 Å². The van der Waals surface area contributed by atoms with Crippen LogP contribution < -0.4 is 11.1 Å². The van der Waals surface area contributed by atoms with E-state index in [4.69, 9.17) is 10.8 Å². The first kappa shape index (κ1) is 18.4. The van der Waals surface area contributed by atoms with Crippen molar-refractivity contribution in [3.05, 3.63) is 0 Å². The van der Waals surface area contributed by atoms with Crippen LogP contribution in [-0.4, -0.2) is 28.9 Å². The normalized spacial score (nSPS) is 14.4. The summed E-state index contributed by atoms with van der Waals surface area (Å²) in [7, 11) is 0. The Labute approximate surface area is 120 Å². The van der Waals surface area contributed by atoms with Gasteiger partial charge in [-0.1, -0.05) is 27.7 Å². The van der Waals surface area contributed by atoms with E-state index in [1.54, 1.807) is 0 Å². The Morgan fingerprint density at radius 3 is 2.20 bits per heavy atom. The largest absolute Gasteiger partial charge is 0.480 e. The third kappa shape index (κ3) is 9.35. The predicted octanol–water partition coefficient (Wildman–Crippen LogP) is 1.28. The standard InChI is InChI=1S/C14H26N2O4/c1-9(8-14(2,3)4)7-12(18)16-10(13(19)20)5-6-11(15)17/h9-10H,5-8H2,1-4H3,(H2,15,17)(H,16,18)(H,19,20). The van der Waals surface area contributed by atoms with Crippen LogP contribution in [0.1, 0.15) is 53.4 Å². The summed E-state index contributed by atoms with van der Waals surface area (Å²) >= 11 is 0. The van der Waals surface area contributed by atoms with E-state index in [-0.39, 0.29) is 36.5 Å². The minimum absolute atomic E-state index is 0.0179. The van der Waals surface area contributed by atoms with Crippen molar-refractivity contribution < 1.29 is 19.5 Å². The number of carboxylic acid groups (broad SMARTS) is 1. The topological polar surface area (TPSA) is 109 Å². The van der Waals surface area contributed by atoms with E-state index in [9.17, 15) is 14.4 Å². The van der Waals surface area contributed by atoms with Gasteiger partial charge in [-0.3, -0.25) is 9.59 Å². The van der Waals surface area contributed by atoms with E-state index in [1.165, 1.54) is 0 Å². The van der Waals surface area contributed by atoms with Crippen molar-refractivity contribution in [2.24, 2.45) is 17.1 Å². The number of nitrogens with one attached hydrogen (secondary N) is 1. The van der Waals surface area contributed by atoms with Gasteiger partial charge in [0.1, 0.15) is 6.04 Å². The lowest BCUT2D eigenvalue weighted by atomic mass is 9.84. The first-order valence-corrected chi connectivity index (χ1v) is 6.81. The Morgan fingerprint density at radius 1 is 1.25 bits per heavy atom. The van der Waals surface area contributed by atoms with Gasteiger partial charge in [0.15, 0.2) is 0 Å². The van der Waals surface area contributed by atoms with E-state index < -0.39 is 17.9 Å². The lowest BCUT2D eigenvalue weighted by Crippen LogP contribution is -2.42. The molecule has 0 aliphatic rings. The molecule has 0 rings (SSSR count). The van der Waals surface area contributed by atoms with Gasteiger partial charge in [-0.15, -0.1) is 0 Å². The summed E-state index contributed by atoms with van der Waals surface area (Å²) < 4.78 is 0. The molecule has 20 heavy (non-hydrogen) atoms. The molecule has 0 bridgehead atoms. The first-order valence-electron chi connectivity index (χ1n) is 6.81. The molecule has 6 nitrogen and oxygen atoms in total. The van der Waals surface area contributed by atoms with E-state index in [0.717, 1.165) is 6.42 Å². The molecule has 4 N–H and O–H groups in total. The maximum absolute atomic E-state index is 11.8. The van der Waals surface area contributed by atoms with Crippen molar-refractivity contribution in [1.29, 1.82) is 0 Å². The van der Waals surface area contributed by atoms with Crippen LogP contribution >= 0.6 is 0 Å². The highest BCUT2D eigenvalue weighted by Crippen LogP contribution is 2.25. The molecule has 0 fully saturated rings. The average molecular weight is 286 g/mol. The number of hydrogen-bond acceptors (Lipinski definition) is 3. The van der Waals surface area contributed by atoms with E-state index in [0.29, 0.717) is 0 Å². The fourth-order valence-electron chi connectivity index (χ4n) is 2.23. The quantitative estimate of drug-likeness (QED) is 0.624. The lowest BCUT2D eigenvalue weighted by molar-refractivity contribution is -0.142. The van der Waals surface area contributed by atoms with Crippen LogP contribution in [0.25, 0.3) is 0 Å². The minimum Gasteiger partial charge on any atom is -0.480 e. The number of aliphatic carboxylic acids is 1. The lowest BCUT2D eigenvalue weighted by Gasteiger charge is -2.23. The van der Waals surface area contributed by atoms with Crippen molar-refractivity contribution in [3.8, 4) is 0 Å². The summed E-state index contributed by atoms with van der Waals surface area (Å²) in [5, 5.41) is 11.4. The Balaban J connectivity index is 4.32. The molecule has 0 saturated carbocycles. The molecule has 2 atom stereocenters. The van der Waals surface area contributed by atoms with Crippen molar-refractivity contribution >= 4 is 17.8 Å². The monoisotopic (exact) mass is 286 g/mol. The number of nitrogens with two attached hydrogens (primary N) is 1. The molecule has 0 saturated heterocycles. The van der Waals surface area contributed by atoms with Gasteiger partial charge in [0, 0.05) is 12.8 Å². The van der Waals surface area contributed by atoms with E-state index >= 15 is 0 Å². The van der Waals surface area contributed by atoms with Crippen LogP contribution in [0.3, 0.4) is 0 Å². The van der Waals surface area contributed by atoms with Crippen molar-refractivity contribution in [1.82, 2.24) is 5.32 Å². The summed E-state index contributed by atoms with van der Waals surface area (Å²) in [6.07, 6.45) is 1.11. The van der Waals surface area contributed by atoms with Gasteiger partial charge in [0.25, 0.3) is 0 Å². The van der Waals surface area contributed by atoms with Crippen LogP contribution in [0.5, 0.6) is 0 Å². The summed E-state index contributed by atoms with van der Waals surface area (Å²) in [5.41, 5.74) is 5.10. The van der Waals surface area contributed by atoms with Gasteiger partial charge < -0.3 is 16.2 Å². The molecule has 0 aromatic carbocycles.